The number of nitrogens with one attached hydrogen (secondary N) is 1. The number of aromatic nitrogens is 1. The molecule has 1 unspecified atom stereocenters. The number of nitrogens with two attached hydrogens (primary N) is 1. The van der Waals surface area contributed by atoms with Crippen LogP contribution in [0.1, 0.15) is 24.4 Å². The fraction of sp³-hybridized carbons (Fsp3) is 0.667. The van der Waals surface area contributed by atoms with Crippen LogP contribution in [0.3, 0.4) is 0 Å². The van der Waals surface area contributed by atoms with E-state index >= 15 is 0 Å². The highest BCUT2D eigenvalue weighted by Crippen LogP contribution is 2.20. The largest absolute Gasteiger partial charge is 0.360 e. The van der Waals surface area contributed by atoms with Gasteiger partial charge < -0.3 is 15.6 Å². The maximum absolute atomic E-state index is 5.61. The summed E-state index contributed by atoms with van der Waals surface area (Å²) in [6, 6.07) is 4.71. The third-order valence-corrected chi connectivity index (χ3v) is 3.52. The Morgan fingerprint density at radius 2 is 2.00 bits per heavy atom. The predicted octanol–water partition coefficient (Wildman–Crippen LogP) is 0.782. The zero-order valence-electron chi connectivity index (χ0n) is 10.2. The van der Waals surface area contributed by atoms with Gasteiger partial charge in [0.05, 0.1) is 0 Å². The Labute approximate surface area is 97.4 Å². The van der Waals surface area contributed by atoms with Crippen molar-refractivity contribution in [2.45, 2.75) is 19.5 Å². The molecule has 1 aliphatic rings. The van der Waals surface area contributed by atoms with Crippen molar-refractivity contribution < 1.29 is 0 Å². The molecule has 1 aromatic rings. The Balaban J connectivity index is 1.98. The Bertz CT molecular complexity index is 326. The van der Waals surface area contributed by atoms with Crippen LogP contribution in [-0.2, 0) is 6.54 Å². The van der Waals surface area contributed by atoms with Crippen LogP contribution in [0.2, 0.25) is 0 Å². The number of hydrogen-bond donors (Lipinski definition) is 2. The monoisotopic (exact) mass is 222 g/mol. The van der Waals surface area contributed by atoms with Crippen LogP contribution < -0.4 is 5.73 Å². The number of H-pyrrole nitrogens is 1. The van der Waals surface area contributed by atoms with Crippen LogP contribution in [0.5, 0.6) is 0 Å². The van der Waals surface area contributed by atoms with Gasteiger partial charge in [-0.2, -0.15) is 0 Å². The highest BCUT2D eigenvalue weighted by Gasteiger charge is 2.20. The van der Waals surface area contributed by atoms with Crippen molar-refractivity contribution >= 4 is 0 Å². The van der Waals surface area contributed by atoms with E-state index < -0.39 is 0 Å². The molecule has 0 spiro atoms. The Kier molecular flexibility index (Phi) is 3.63. The standard InChI is InChI=1S/C12H22N4/c1-10(12-4-3-11(9-13)14-12)16-7-5-15(2)6-8-16/h3-4,10,14H,5-9,13H2,1-2H3. The molecule has 1 saturated heterocycles. The van der Waals surface area contributed by atoms with Crippen molar-refractivity contribution in [2.75, 3.05) is 33.2 Å². The van der Waals surface area contributed by atoms with E-state index in [-0.39, 0.29) is 0 Å². The summed E-state index contributed by atoms with van der Waals surface area (Å²) >= 11 is 0. The summed E-state index contributed by atoms with van der Waals surface area (Å²) in [6.45, 7) is 7.47. The number of rotatable bonds is 3. The molecule has 0 aromatic carbocycles. The molecule has 0 bridgehead atoms. The van der Waals surface area contributed by atoms with Gasteiger partial charge in [0.2, 0.25) is 0 Å². The van der Waals surface area contributed by atoms with Crippen molar-refractivity contribution in [1.82, 2.24) is 14.8 Å². The van der Waals surface area contributed by atoms with Crippen molar-refractivity contribution in [2.24, 2.45) is 5.73 Å². The van der Waals surface area contributed by atoms with Crippen LogP contribution in [0.15, 0.2) is 12.1 Å². The molecule has 0 aliphatic carbocycles. The second-order valence-corrected chi connectivity index (χ2v) is 4.66. The maximum atomic E-state index is 5.61. The molecule has 4 heteroatoms. The van der Waals surface area contributed by atoms with Gasteiger partial charge in [-0.25, -0.2) is 0 Å². The normalized spacial score (nSPS) is 21.2. The number of nitrogens with zero attached hydrogens (tertiary/aromatic N) is 2. The van der Waals surface area contributed by atoms with Crippen LogP contribution in [-0.4, -0.2) is 48.0 Å². The molecule has 16 heavy (non-hydrogen) atoms. The molecular weight excluding hydrogens is 200 g/mol. The first kappa shape index (κ1) is 11.6. The van der Waals surface area contributed by atoms with E-state index in [0.717, 1.165) is 31.9 Å². The van der Waals surface area contributed by atoms with E-state index in [1.54, 1.807) is 0 Å². The van der Waals surface area contributed by atoms with Gasteiger partial charge in [-0.15, -0.1) is 0 Å². The maximum Gasteiger partial charge on any atom is 0.0471 e. The minimum absolute atomic E-state index is 0.467. The summed E-state index contributed by atoms with van der Waals surface area (Å²) in [6.07, 6.45) is 0. The summed E-state index contributed by atoms with van der Waals surface area (Å²) in [5.41, 5.74) is 8.01. The lowest BCUT2D eigenvalue weighted by Gasteiger charge is -2.36. The first-order chi connectivity index (χ1) is 7.70. The summed E-state index contributed by atoms with van der Waals surface area (Å²) in [7, 11) is 2.18. The molecule has 1 atom stereocenters. The summed E-state index contributed by atoms with van der Waals surface area (Å²) in [5, 5.41) is 0. The molecule has 0 saturated carbocycles. The fourth-order valence-corrected chi connectivity index (χ4v) is 2.23. The first-order valence-corrected chi connectivity index (χ1v) is 6.01. The molecule has 4 nitrogen and oxygen atoms in total. The summed E-state index contributed by atoms with van der Waals surface area (Å²) in [4.78, 5) is 8.29. The molecule has 2 heterocycles. The van der Waals surface area contributed by atoms with Gasteiger partial charge in [0, 0.05) is 50.2 Å². The summed E-state index contributed by atoms with van der Waals surface area (Å²) < 4.78 is 0. The van der Waals surface area contributed by atoms with Crippen molar-refractivity contribution in [3.05, 3.63) is 23.5 Å². The number of hydrogen-bond acceptors (Lipinski definition) is 3. The van der Waals surface area contributed by atoms with Gasteiger partial charge in [0.25, 0.3) is 0 Å². The molecule has 2 rings (SSSR count). The van der Waals surface area contributed by atoms with E-state index in [9.17, 15) is 0 Å². The van der Waals surface area contributed by atoms with Crippen molar-refractivity contribution in [1.29, 1.82) is 0 Å². The average Bonchev–Trinajstić information content (AvgIpc) is 2.77. The number of likely N-dealkylation sites (N-methyl/N-ethyl adjacent to an activating group) is 1. The molecular formula is C12H22N4. The SMILES string of the molecule is CC(c1ccc(CN)[nH]1)N1CCN(C)CC1. The van der Waals surface area contributed by atoms with E-state index in [1.807, 2.05) is 0 Å². The minimum atomic E-state index is 0.467. The highest BCUT2D eigenvalue weighted by molar-refractivity contribution is 5.16. The second kappa shape index (κ2) is 4.99. The minimum Gasteiger partial charge on any atom is -0.360 e. The highest BCUT2D eigenvalue weighted by atomic mass is 15.3. The van der Waals surface area contributed by atoms with Crippen LogP contribution in [0.25, 0.3) is 0 Å². The van der Waals surface area contributed by atoms with Crippen molar-refractivity contribution in [3.63, 3.8) is 0 Å². The molecule has 3 N–H and O–H groups in total. The van der Waals surface area contributed by atoms with Crippen LogP contribution in [0.4, 0.5) is 0 Å². The third-order valence-electron chi connectivity index (χ3n) is 3.52. The van der Waals surface area contributed by atoms with Gasteiger partial charge in [-0.1, -0.05) is 0 Å². The molecule has 90 valence electrons. The molecule has 0 radical (unpaired) electrons. The summed E-state index contributed by atoms with van der Waals surface area (Å²) in [5.74, 6) is 0. The topological polar surface area (TPSA) is 48.3 Å². The van der Waals surface area contributed by atoms with E-state index in [1.165, 1.54) is 5.69 Å². The van der Waals surface area contributed by atoms with E-state index in [4.69, 9.17) is 5.73 Å². The zero-order valence-corrected chi connectivity index (χ0v) is 10.2. The van der Waals surface area contributed by atoms with E-state index in [2.05, 4.69) is 40.9 Å². The Hall–Kier alpha value is -0.840. The Morgan fingerprint density at radius 3 is 2.56 bits per heavy atom. The zero-order chi connectivity index (χ0) is 11.5. The van der Waals surface area contributed by atoms with Gasteiger partial charge in [0.15, 0.2) is 0 Å². The number of piperazine rings is 1. The molecule has 1 aliphatic heterocycles. The predicted molar refractivity (Wildman–Crippen MR) is 66.2 cm³/mol. The average molecular weight is 222 g/mol. The smallest absolute Gasteiger partial charge is 0.0471 e. The van der Waals surface area contributed by atoms with E-state index in [0.29, 0.717) is 12.6 Å². The number of aromatic amines is 1. The fourth-order valence-electron chi connectivity index (χ4n) is 2.23. The Morgan fingerprint density at radius 1 is 1.31 bits per heavy atom. The lowest BCUT2D eigenvalue weighted by atomic mass is 10.2. The van der Waals surface area contributed by atoms with Gasteiger partial charge in [-0.3, -0.25) is 4.90 Å². The lowest BCUT2D eigenvalue weighted by Crippen LogP contribution is -2.45. The van der Waals surface area contributed by atoms with Crippen LogP contribution >= 0.6 is 0 Å². The molecule has 0 amide bonds. The quantitative estimate of drug-likeness (QED) is 0.794. The van der Waals surface area contributed by atoms with Crippen LogP contribution in [0, 0.1) is 0 Å². The molecule has 1 fully saturated rings. The van der Waals surface area contributed by atoms with Gasteiger partial charge >= 0.3 is 0 Å². The second-order valence-electron chi connectivity index (χ2n) is 4.66. The third kappa shape index (κ3) is 2.45. The van der Waals surface area contributed by atoms with Gasteiger partial charge in [0.1, 0.15) is 0 Å². The molecule has 1 aromatic heterocycles. The van der Waals surface area contributed by atoms with Crippen molar-refractivity contribution in [3.8, 4) is 0 Å². The van der Waals surface area contributed by atoms with Gasteiger partial charge in [-0.05, 0) is 26.1 Å². The lowest BCUT2D eigenvalue weighted by molar-refractivity contribution is 0.117. The first-order valence-electron chi connectivity index (χ1n) is 6.01.